The highest BCUT2D eigenvalue weighted by molar-refractivity contribution is 9.10. The molecule has 1 aromatic carbocycles. The number of rotatable bonds is 7. The molecule has 0 aliphatic rings. The Bertz CT molecular complexity index is 335. The average molecular weight is 313 g/mol. The van der Waals surface area contributed by atoms with E-state index in [1.807, 2.05) is 0 Å². The minimum atomic E-state index is 0.597. The third-order valence-electron chi connectivity index (χ3n) is 3.49. The third kappa shape index (κ3) is 5.51. The minimum Gasteiger partial charge on any atom is -0.330 e. The predicted octanol–water partition coefficient (Wildman–Crippen LogP) is 3.15. The fraction of sp³-hybridized carbons (Fsp3) is 0.600. The van der Waals surface area contributed by atoms with Crippen molar-refractivity contribution in [2.75, 3.05) is 26.7 Å². The van der Waals surface area contributed by atoms with E-state index in [0.717, 1.165) is 30.5 Å². The maximum atomic E-state index is 5.81. The third-order valence-corrected chi connectivity index (χ3v) is 4.02. The molecule has 0 fully saturated rings. The molecule has 2 N–H and O–H groups in total. The maximum Gasteiger partial charge on any atom is 0.0175 e. The van der Waals surface area contributed by atoms with E-state index in [1.54, 1.807) is 0 Å². The summed E-state index contributed by atoms with van der Waals surface area (Å²) in [5.41, 5.74) is 7.20. The topological polar surface area (TPSA) is 29.3 Å². The van der Waals surface area contributed by atoms with Crippen LogP contribution in [-0.2, 0) is 6.42 Å². The van der Waals surface area contributed by atoms with Gasteiger partial charge in [-0.2, -0.15) is 0 Å². The van der Waals surface area contributed by atoms with E-state index < -0.39 is 0 Å². The van der Waals surface area contributed by atoms with E-state index in [-0.39, 0.29) is 0 Å². The molecule has 0 bridgehead atoms. The first-order valence-electron chi connectivity index (χ1n) is 6.66. The van der Waals surface area contributed by atoms with Gasteiger partial charge in [0.05, 0.1) is 0 Å². The molecule has 1 rings (SSSR count). The van der Waals surface area contributed by atoms with Crippen LogP contribution in [0.5, 0.6) is 0 Å². The van der Waals surface area contributed by atoms with E-state index in [0.29, 0.717) is 11.8 Å². The highest BCUT2D eigenvalue weighted by Gasteiger charge is 2.13. The molecule has 0 aromatic heterocycles. The van der Waals surface area contributed by atoms with Crippen molar-refractivity contribution in [3.05, 3.63) is 34.3 Å². The van der Waals surface area contributed by atoms with Gasteiger partial charge in [-0.15, -0.1) is 0 Å². The quantitative estimate of drug-likeness (QED) is 0.838. The predicted molar refractivity (Wildman–Crippen MR) is 82.7 cm³/mol. The monoisotopic (exact) mass is 312 g/mol. The summed E-state index contributed by atoms with van der Waals surface area (Å²) in [6.45, 7) is 7.45. The molecule has 0 radical (unpaired) electrons. The number of likely N-dealkylation sites (N-methyl/N-ethyl adjacent to an activating group) is 1. The lowest BCUT2D eigenvalue weighted by molar-refractivity contribution is 0.242. The Balaban J connectivity index is 2.36. The summed E-state index contributed by atoms with van der Waals surface area (Å²) in [6.07, 6.45) is 1.10. The molecular weight excluding hydrogens is 288 g/mol. The molecule has 1 unspecified atom stereocenters. The summed E-state index contributed by atoms with van der Waals surface area (Å²) in [5, 5.41) is 0. The molecule has 0 saturated heterocycles. The smallest absolute Gasteiger partial charge is 0.0175 e. The number of benzene rings is 1. The van der Waals surface area contributed by atoms with Crippen LogP contribution in [0.2, 0.25) is 0 Å². The Morgan fingerprint density at radius 3 is 2.33 bits per heavy atom. The van der Waals surface area contributed by atoms with Gasteiger partial charge in [0.25, 0.3) is 0 Å². The van der Waals surface area contributed by atoms with Gasteiger partial charge >= 0.3 is 0 Å². The SMILES string of the molecule is CC(C)C(CN)CN(C)CCc1ccc(Br)cc1. The molecule has 0 heterocycles. The summed E-state index contributed by atoms with van der Waals surface area (Å²) < 4.78 is 1.14. The number of nitrogens with two attached hydrogens (primary N) is 1. The van der Waals surface area contributed by atoms with Crippen LogP contribution in [0.25, 0.3) is 0 Å². The Morgan fingerprint density at radius 2 is 1.83 bits per heavy atom. The van der Waals surface area contributed by atoms with Crippen LogP contribution in [-0.4, -0.2) is 31.6 Å². The largest absolute Gasteiger partial charge is 0.330 e. The Hall–Kier alpha value is -0.380. The second-order valence-corrected chi connectivity index (χ2v) is 6.29. The van der Waals surface area contributed by atoms with E-state index in [9.17, 15) is 0 Å². The van der Waals surface area contributed by atoms with Crippen LogP contribution in [0, 0.1) is 11.8 Å². The second kappa shape index (κ2) is 7.93. The standard InChI is InChI=1S/C15H25BrN2/c1-12(2)14(10-17)11-18(3)9-8-13-4-6-15(16)7-5-13/h4-7,12,14H,8-11,17H2,1-3H3. The number of halogens is 1. The molecule has 1 aromatic rings. The van der Waals surface area contributed by atoms with E-state index in [4.69, 9.17) is 5.73 Å². The van der Waals surface area contributed by atoms with Crippen LogP contribution < -0.4 is 5.73 Å². The van der Waals surface area contributed by atoms with Gasteiger partial charge in [-0.1, -0.05) is 41.9 Å². The molecule has 0 spiro atoms. The van der Waals surface area contributed by atoms with Crippen molar-refractivity contribution in [2.24, 2.45) is 17.6 Å². The zero-order valence-electron chi connectivity index (χ0n) is 11.7. The van der Waals surface area contributed by atoms with Gasteiger partial charge < -0.3 is 10.6 Å². The van der Waals surface area contributed by atoms with Crippen LogP contribution in [0.3, 0.4) is 0 Å². The summed E-state index contributed by atoms with van der Waals surface area (Å²) in [4.78, 5) is 2.39. The molecule has 0 amide bonds. The Labute approximate surface area is 120 Å². The van der Waals surface area contributed by atoms with Crippen molar-refractivity contribution in [3.63, 3.8) is 0 Å². The van der Waals surface area contributed by atoms with Gasteiger partial charge in [-0.3, -0.25) is 0 Å². The molecule has 0 aliphatic heterocycles. The first-order chi connectivity index (χ1) is 8.52. The normalized spacial score (nSPS) is 13.3. The molecule has 102 valence electrons. The summed E-state index contributed by atoms with van der Waals surface area (Å²) >= 11 is 3.46. The first-order valence-corrected chi connectivity index (χ1v) is 7.45. The number of hydrogen-bond donors (Lipinski definition) is 1. The molecule has 0 saturated carbocycles. The van der Waals surface area contributed by atoms with Crippen molar-refractivity contribution in [1.29, 1.82) is 0 Å². The highest BCUT2D eigenvalue weighted by Crippen LogP contribution is 2.13. The van der Waals surface area contributed by atoms with Crippen molar-refractivity contribution in [3.8, 4) is 0 Å². The second-order valence-electron chi connectivity index (χ2n) is 5.38. The van der Waals surface area contributed by atoms with Gasteiger partial charge in [0.1, 0.15) is 0 Å². The molecule has 1 atom stereocenters. The summed E-state index contributed by atoms with van der Waals surface area (Å²) in [7, 11) is 2.18. The average Bonchev–Trinajstić information content (AvgIpc) is 2.35. The lowest BCUT2D eigenvalue weighted by Crippen LogP contribution is -2.34. The Kier molecular flexibility index (Phi) is 6.90. The Morgan fingerprint density at radius 1 is 1.22 bits per heavy atom. The van der Waals surface area contributed by atoms with Crippen LogP contribution >= 0.6 is 15.9 Å². The molecule has 0 aliphatic carbocycles. The van der Waals surface area contributed by atoms with Gasteiger partial charge in [0, 0.05) is 17.6 Å². The van der Waals surface area contributed by atoms with Crippen molar-refractivity contribution in [2.45, 2.75) is 20.3 Å². The fourth-order valence-corrected chi connectivity index (χ4v) is 2.28. The number of hydrogen-bond acceptors (Lipinski definition) is 2. The molecular formula is C15H25BrN2. The van der Waals surface area contributed by atoms with E-state index in [1.165, 1.54) is 5.56 Å². The highest BCUT2D eigenvalue weighted by atomic mass is 79.9. The molecule has 3 heteroatoms. The van der Waals surface area contributed by atoms with Crippen molar-refractivity contribution < 1.29 is 0 Å². The van der Waals surface area contributed by atoms with E-state index in [2.05, 4.69) is 66.0 Å². The summed E-state index contributed by atoms with van der Waals surface area (Å²) in [6, 6.07) is 8.57. The lowest BCUT2D eigenvalue weighted by atomic mass is 9.95. The van der Waals surface area contributed by atoms with Crippen molar-refractivity contribution in [1.82, 2.24) is 4.90 Å². The van der Waals surface area contributed by atoms with Crippen LogP contribution in [0.1, 0.15) is 19.4 Å². The van der Waals surface area contributed by atoms with Gasteiger partial charge in [-0.25, -0.2) is 0 Å². The van der Waals surface area contributed by atoms with Gasteiger partial charge in [0.15, 0.2) is 0 Å². The minimum absolute atomic E-state index is 0.597. The van der Waals surface area contributed by atoms with Crippen molar-refractivity contribution >= 4 is 15.9 Å². The molecule has 18 heavy (non-hydrogen) atoms. The van der Waals surface area contributed by atoms with Gasteiger partial charge in [-0.05, 0) is 49.5 Å². The fourth-order valence-electron chi connectivity index (χ4n) is 2.02. The van der Waals surface area contributed by atoms with Crippen LogP contribution in [0.4, 0.5) is 0 Å². The summed E-state index contributed by atoms with van der Waals surface area (Å²) in [5.74, 6) is 1.25. The number of nitrogens with zero attached hydrogens (tertiary/aromatic N) is 1. The zero-order valence-corrected chi connectivity index (χ0v) is 13.3. The lowest BCUT2D eigenvalue weighted by Gasteiger charge is -2.25. The van der Waals surface area contributed by atoms with Crippen LogP contribution in [0.15, 0.2) is 28.7 Å². The zero-order chi connectivity index (χ0) is 13.5. The maximum absolute atomic E-state index is 5.81. The van der Waals surface area contributed by atoms with E-state index >= 15 is 0 Å². The first kappa shape index (κ1) is 15.7. The molecule has 2 nitrogen and oxygen atoms in total. The van der Waals surface area contributed by atoms with Gasteiger partial charge in [0.2, 0.25) is 0 Å².